The Hall–Kier alpha value is -2.73. The standard InChI is InChI=1S/C17H17ClN2O4/c1-23-14-5-3-4-13(16(14)24-2)17(22)20-19-15(21)10-11-6-8-12(18)9-7-11/h3-9H,10H2,1-2H3,(H,19,21)(H,20,22). The molecule has 2 rings (SSSR count). The molecule has 7 heteroatoms. The highest BCUT2D eigenvalue weighted by atomic mass is 35.5. The largest absolute Gasteiger partial charge is 0.493 e. The molecular formula is C17H17ClN2O4. The number of nitrogens with one attached hydrogen (secondary N) is 2. The van der Waals surface area contributed by atoms with Gasteiger partial charge in [-0.2, -0.15) is 0 Å². The van der Waals surface area contributed by atoms with E-state index in [4.69, 9.17) is 21.1 Å². The van der Waals surface area contributed by atoms with Gasteiger partial charge < -0.3 is 9.47 Å². The summed E-state index contributed by atoms with van der Waals surface area (Å²) in [5.74, 6) is -0.134. The summed E-state index contributed by atoms with van der Waals surface area (Å²) in [7, 11) is 2.92. The van der Waals surface area contributed by atoms with Gasteiger partial charge in [-0.25, -0.2) is 0 Å². The minimum atomic E-state index is -0.504. The van der Waals surface area contributed by atoms with E-state index in [1.807, 2.05) is 0 Å². The first-order chi connectivity index (χ1) is 11.5. The molecule has 2 aromatic carbocycles. The number of hydrogen-bond donors (Lipinski definition) is 2. The molecule has 0 spiro atoms. The van der Waals surface area contributed by atoms with Crippen molar-refractivity contribution in [3.8, 4) is 11.5 Å². The molecular weight excluding hydrogens is 332 g/mol. The van der Waals surface area contributed by atoms with Crippen LogP contribution in [-0.2, 0) is 11.2 Å². The smallest absolute Gasteiger partial charge is 0.273 e. The van der Waals surface area contributed by atoms with Crippen molar-refractivity contribution in [3.63, 3.8) is 0 Å². The summed E-state index contributed by atoms with van der Waals surface area (Å²) in [6.45, 7) is 0. The minimum absolute atomic E-state index is 0.118. The number of amides is 2. The first-order valence-corrected chi connectivity index (χ1v) is 7.47. The molecule has 0 saturated heterocycles. The monoisotopic (exact) mass is 348 g/mol. The van der Waals surface area contributed by atoms with Crippen LogP contribution in [0.15, 0.2) is 42.5 Å². The highest BCUT2D eigenvalue weighted by Crippen LogP contribution is 2.30. The topological polar surface area (TPSA) is 76.7 Å². The van der Waals surface area contributed by atoms with E-state index in [0.717, 1.165) is 5.56 Å². The van der Waals surface area contributed by atoms with Crippen LogP contribution < -0.4 is 20.3 Å². The average Bonchev–Trinajstić information content (AvgIpc) is 2.60. The number of carbonyl (C=O) groups is 2. The summed E-state index contributed by atoms with van der Waals surface area (Å²) in [4.78, 5) is 24.1. The van der Waals surface area contributed by atoms with E-state index in [1.165, 1.54) is 14.2 Å². The Labute approximate surface area is 144 Å². The van der Waals surface area contributed by atoms with Crippen LogP contribution in [0, 0.1) is 0 Å². The molecule has 0 radical (unpaired) electrons. The zero-order chi connectivity index (χ0) is 17.5. The van der Waals surface area contributed by atoms with Gasteiger partial charge in [-0.3, -0.25) is 20.4 Å². The van der Waals surface area contributed by atoms with Crippen molar-refractivity contribution in [3.05, 3.63) is 58.6 Å². The second-order valence-corrected chi connectivity index (χ2v) is 5.28. The third kappa shape index (κ3) is 4.39. The molecule has 0 aromatic heterocycles. The van der Waals surface area contributed by atoms with Crippen LogP contribution in [0.4, 0.5) is 0 Å². The van der Waals surface area contributed by atoms with Crippen LogP contribution in [0.5, 0.6) is 11.5 Å². The molecule has 6 nitrogen and oxygen atoms in total. The second-order valence-electron chi connectivity index (χ2n) is 4.85. The highest BCUT2D eigenvalue weighted by Gasteiger charge is 2.16. The van der Waals surface area contributed by atoms with Crippen LogP contribution in [0.1, 0.15) is 15.9 Å². The van der Waals surface area contributed by atoms with E-state index < -0.39 is 5.91 Å². The van der Waals surface area contributed by atoms with Gasteiger partial charge in [0.05, 0.1) is 26.2 Å². The van der Waals surface area contributed by atoms with Gasteiger partial charge in [-0.15, -0.1) is 0 Å². The number of halogens is 1. The quantitative estimate of drug-likeness (QED) is 0.813. The zero-order valence-corrected chi connectivity index (χ0v) is 14.0. The summed E-state index contributed by atoms with van der Waals surface area (Å²) in [5.41, 5.74) is 5.76. The molecule has 0 aliphatic heterocycles. The number of rotatable bonds is 5. The van der Waals surface area contributed by atoms with E-state index >= 15 is 0 Å². The lowest BCUT2D eigenvalue weighted by Crippen LogP contribution is -2.42. The molecule has 0 saturated carbocycles. The second kappa shape index (κ2) is 8.21. The van der Waals surface area contributed by atoms with Crippen molar-refractivity contribution in [1.29, 1.82) is 0 Å². The molecule has 0 fully saturated rings. The van der Waals surface area contributed by atoms with Gasteiger partial charge in [0.2, 0.25) is 5.91 Å². The minimum Gasteiger partial charge on any atom is -0.493 e. The van der Waals surface area contributed by atoms with Crippen molar-refractivity contribution < 1.29 is 19.1 Å². The first-order valence-electron chi connectivity index (χ1n) is 7.09. The number of carbonyl (C=O) groups excluding carboxylic acids is 2. The summed E-state index contributed by atoms with van der Waals surface area (Å²) in [6.07, 6.45) is 0.118. The number of methoxy groups -OCH3 is 2. The lowest BCUT2D eigenvalue weighted by Gasteiger charge is -2.13. The van der Waals surface area contributed by atoms with Crippen LogP contribution in [0.3, 0.4) is 0 Å². The Balaban J connectivity index is 1.98. The van der Waals surface area contributed by atoms with Crippen molar-refractivity contribution in [2.45, 2.75) is 6.42 Å². The van der Waals surface area contributed by atoms with E-state index in [1.54, 1.807) is 42.5 Å². The predicted octanol–water partition coefficient (Wildman–Crippen LogP) is 2.36. The zero-order valence-electron chi connectivity index (χ0n) is 13.3. The molecule has 2 N–H and O–H groups in total. The fraction of sp³-hybridized carbons (Fsp3) is 0.176. The lowest BCUT2D eigenvalue weighted by atomic mass is 10.1. The number of hydrazine groups is 1. The molecule has 0 aliphatic rings. The van der Waals surface area contributed by atoms with E-state index in [0.29, 0.717) is 16.5 Å². The molecule has 2 aromatic rings. The molecule has 0 heterocycles. The number of ether oxygens (including phenoxy) is 2. The lowest BCUT2D eigenvalue weighted by molar-refractivity contribution is -0.121. The van der Waals surface area contributed by atoms with Crippen molar-refractivity contribution in [2.75, 3.05) is 14.2 Å². The fourth-order valence-electron chi connectivity index (χ4n) is 2.09. The number of hydrogen-bond acceptors (Lipinski definition) is 4. The highest BCUT2D eigenvalue weighted by molar-refractivity contribution is 6.30. The van der Waals surface area contributed by atoms with Gasteiger partial charge in [0, 0.05) is 5.02 Å². The Kier molecular flexibility index (Phi) is 6.03. The van der Waals surface area contributed by atoms with Gasteiger partial charge in [0.25, 0.3) is 5.91 Å². The SMILES string of the molecule is COc1cccc(C(=O)NNC(=O)Cc2ccc(Cl)cc2)c1OC. The van der Waals surface area contributed by atoms with E-state index in [2.05, 4.69) is 10.9 Å². The third-order valence-electron chi connectivity index (χ3n) is 3.24. The third-order valence-corrected chi connectivity index (χ3v) is 3.49. The maximum absolute atomic E-state index is 12.2. The van der Waals surface area contributed by atoms with Crippen molar-refractivity contribution >= 4 is 23.4 Å². The molecule has 0 atom stereocenters. The van der Waals surface area contributed by atoms with Gasteiger partial charge in [-0.05, 0) is 29.8 Å². The van der Waals surface area contributed by atoms with E-state index in [9.17, 15) is 9.59 Å². The summed E-state index contributed by atoms with van der Waals surface area (Å²) in [6, 6.07) is 11.8. The predicted molar refractivity (Wildman–Crippen MR) is 90.3 cm³/mol. The van der Waals surface area contributed by atoms with Crippen LogP contribution in [0.25, 0.3) is 0 Å². The van der Waals surface area contributed by atoms with Crippen LogP contribution >= 0.6 is 11.6 Å². The Morgan fingerprint density at radius 2 is 1.71 bits per heavy atom. The molecule has 0 unspecified atom stereocenters. The maximum atomic E-state index is 12.2. The number of para-hydroxylation sites is 1. The van der Waals surface area contributed by atoms with Gasteiger partial charge >= 0.3 is 0 Å². The Bertz CT molecular complexity index is 732. The fourth-order valence-corrected chi connectivity index (χ4v) is 2.22. The van der Waals surface area contributed by atoms with E-state index in [-0.39, 0.29) is 17.9 Å². The summed E-state index contributed by atoms with van der Waals surface area (Å²) < 4.78 is 10.3. The van der Waals surface area contributed by atoms with Gasteiger partial charge in [-0.1, -0.05) is 29.8 Å². The van der Waals surface area contributed by atoms with Gasteiger partial charge in [0.15, 0.2) is 11.5 Å². The maximum Gasteiger partial charge on any atom is 0.273 e. The van der Waals surface area contributed by atoms with Crippen molar-refractivity contribution in [1.82, 2.24) is 10.9 Å². The van der Waals surface area contributed by atoms with Crippen LogP contribution in [0.2, 0.25) is 5.02 Å². The van der Waals surface area contributed by atoms with Crippen molar-refractivity contribution in [2.24, 2.45) is 0 Å². The number of benzene rings is 2. The summed E-state index contributed by atoms with van der Waals surface area (Å²) in [5, 5.41) is 0.595. The molecule has 0 bridgehead atoms. The van der Waals surface area contributed by atoms with Gasteiger partial charge in [0.1, 0.15) is 0 Å². The molecule has 0 aliphatic carbocycles. The molecule has 126 valence electrons. The summed E-state index contributed by atoms with van der Waals surface area (Å²) >= 11 is 5.79. The average molecular weight is 349 g/mol. The molecule has 24 heavy (non-hydrogen) atoms. The Morgan fingerprint density at radius 3 is 2.33 bits per heavy atom. The van der Waals surface area contributed by atoms with Crippen LogP contribution in [-0.4, -0.2) is 26.0 Å². The normalized spacial score (nSPS) is 9.96. The first kappa shape index (κ1) is 17.6. The Morgan fingerprint density at radius 1 is 1.00 bits per heavy atom. The molecule has 2 amide bonds.